The summed E-state index contributed by atoms with van der Waals surface area (Å²) in [6.45, 7) is 0.982. The molecule has 2 aromatic rings. The van der Waals surface area contributed by atoms with Crippen LogP contribution in [0.2, 0.25) is 0 Å². The summed E-state index contributed by atoms with van der Waals surface area (Å²) < 4.78 is 4.79. The molecule has 1 saturated carbocycles. The zero-order valence-electron chi connectivity index (χ0n) is 21.3. The quantitative estimate of drug-likeness (QED) is 0.246. The number of likely N-dealkylation sites (tertiary alicyclic amines) is 1. The van der Waals surface area contributed by atoms with Crippen molar-refractivity contribution < 1.29 is 19.1 Å². The first-order chi connectivity index (χ1) is 17.9. The van der Waals surface area contributed by atoms with Crippen LogP contribution in [0.3, 0.4) is 0 Å². The molecule has 37 heavy (non-hydrogen) atoms. The van der Waals surface area contributed by atoms with Crippen molar-refractivity contribution >= 4 is 23.6 Å². The zero-order valence-corrected chi connectivity index (χ0v) is 21.3. The van der Waals surface area contributed by atoms with E-state index in [1.165, 1.54) is 12.7 Å². The number of hydrogen-bond donors (Lipinski definition) is 3. The number of amidine groups is 1. The lowest BCUT2D eigenvalue weighted by atomic mass is 9.71. The van der Waals surface area contributed by atoms with Crippen LogP contribution in [0.1, 0.15) is 54.7 Å². The highest BCUT2D eigenvalue weighted by Crippen LogP contribution is 2.41. The van der Waals surface area contributed by atoms with Crippen molar-refractivity contribution in [2.45, 2.75) is 50.5 Å². The zero-order chi connectivity index (χ0) is 26.4. The number of nitrogen functional groups attached to an aromatic ring is 1. The van der Waals surface area contributed by atoms with Gasteiger partial charge >= 0.3 is 5.97 Å². The molecule has 1 saturated heterocycles. The summed E-state index contributed by atoms with van der Waals surface area (Å²) in [6, 6.07) is 17.7. The van der Waals surface area contributed by atoms with E-state index in [4.69, 9.17) is 15.9 Å². The first-order valence-electron chi connectivity index (χ1n) is 13.0. The van der Waals surface area contributed by atoms with Crippen LogP contribution >= 0.6 is 0 Å². The van der Waals surface area contributed by atoms with E-state index < -0.39 is 5.92 Å². The van der Waals surface area contributed by atoms with Crippen LogP contribution in [-0.2, 0) is 25.5 Å². The molecule has 2 aliphatic rings. The van der Waals surface area contributed by atoms with Gasteiger partial charge in [0.25, 0.3) is 0 Å². The fraction of sp³-hybridized carbons (Fsp3) is 0.448. The number of rotatable bonds is 11. The molecule has 1 aliphatic heterocycles. The summed E-state index contributed by atoms with van der Waals surface area (Å²) in [4.78, 5) is 39.7. The average molecular weight is 505 g/mol. The van der Waals surface area contributed by atoms with Gasteiger partial charge in [-0.2, -0.15) is 0 Å². The van der Waals surface area contributed by atoms with Gasteiger partial charge in [0.05, 0.1) is 19.4 Å². The van der Waals surface area contributed by atoms with Gasteiger partial charge in [-0.25, -0.2) is 0 Å². The Morgan fingerprint density at radius 2 is 1.78 bits per heavy atom. The highest BCUT2D eigenvalue weighted by atomic mass is 16.5. The SMILES string of the molecule is COC(=O)C[C@@H]1C[C@@H](CNC(=O)C2CC(c3ccc(C(=N)N)cc3)C2)N(CCCc2ccccc2)C1=O. The van der Waals surface area contributed by atoms with Crippen LogP contribution in [0.15, 0.2) is 54.6 Å². The summed E-state index contributed by atoms with van der Waals surface area (Å²) in [5, 5.41) is 10.6. The lowest BCUT2D eigenvalue weighted by Crippen LogP contribution is -2.45. The Hall–Kier alpha value is -3.68. The molecule has 4 rings (SSSR count). The predicted molar refractivity (Wildman–Crippen MR) is 141 cm³/mol. The Bertz CT molecular complexity index is 1110. The van der Waals surface area contributed by atoms with E-state index in [1.54, 1.807) is 0 Å². The largest absolute Gasteiger partial charge is 0.469 e. The third-order valence-electron chi connectivity index (χ3n) is 7.69. The van der Waals surface area contributed by atoms with E-state index in [2.05, 4.69) is 17.4 Å². The maximum atomic E-state index is 13.1. The van der Waals surface area contributed by atoms with E-state index in [0.29, 0.717) is 31.0 Å². The number of nitrogens with one attached hydrogen (secondary N) is 2. The fourth-order valence-electron chi connectivity index (χ4n) is 5.41. The van der Waals surface area contributed by atoms with Gasteiger partial charge in [-0.3, -0.25) is 19.8 Å². The van der Waals surface area contributed by atoms with Crippen LogP contribution in [-0.4, -0.2) is 54.8 Å². The Morgan fingerprint density at radius 3 is 2.43 bits per heavy atom. The van der Waals surface area contributed by atoms with Gasteiger partial charge in [0.2, 0.25) is 11.8 Å². The molecule has 0 aromatic heterocycles. The topological polar surface area (TPSA) is 126 Å². The number of aryl methyl sites for hydroxylation is 1. The first kappa shape index (κ1) is 26.4. The van der Waals surface area contributed by atoms with Crippen molar-refractivity contribution in [2.24, 2.45) is 17.6 Å². The maximum Gasteiger partial charge on any atom is 0.306 e. The second-order valence-corrected chi connectivity index (χ2v) is 10.1. The Kier molecular flexibility index (Phi) is 8.58. The van der Waals surface area contributed by atoms with Crippen molar-refractivity contribution in [3.8, 4) is 0 Å². The minimum absolute atomic E-state index is 0.0182. The molecular formula is C29H36N4O4. The summed E-state index contributed by atoms with van der Waals surface area (Å²) in [5.41, 5.74) is 8.60. The Balaban J connectivity index is 1.29. The van der Waals surface area contributed by atoms with Gasteiger partial charge in [0.1, 0.15) is 5.84 Å². The van der Waals surface area contributed by atoms with Crippen LogP contribution in [0.4, 0.5) is 0 Å². The minimum Gasteiger partial charge on any atom is -0.469 e. The molecule has 8 heteroatoms. The molecule has 0 spiro atoms. The van der Waals surface area contributed by atoms with Crippen LogP contribution in [0.5, 0.6) is 0 Å². The van der Waals surface area contributed by atoms with Gasteiger partial charge in [-0.05, 0) is 49.1 Å². The van der Waals surface area contributed by atoms with E-state index in [9.17, 15) is 14.4 Å². The second kappa shape index (κ2) is 12.0. The van der Waals surface area contributed by atoms with Crippen LogP contribution < -0.4 is 11.1 Å². The van der Waals surface area contributed by atoms with Crippen LogP contribution in [0.25, 0.3) is 0 Å². The molecule has 0 radical (unpaired) electrons. The lowest BCUT2D eigenvalue weighted by Gasteiger charge is -2.35. The minimum atomic E-state index is -0.405. The van der Waals surface area contributed by atoms with Crippen molar-refractivity contribution in [3.63, 3.8) is 0 Å². The molecule has 2 fully saturated rings. The van der Waals surface area contributed by atoms with Crippen molar-refractivity contribution in [1.29, 1.82) is 5.41 Å². The second-order valence-electron chi connectivity index (χ2n) is 10.1. The molecule has 0 unspecified atom stereocenters. The molecule has 2 amide bonds. The Morgan fingerprint density at radius 1 is 1.08 bits per heavy atom. The van der Waals surface area contributed by atoms with Crippen LogP contribution in [0, 0.1) is 17.2 Å². The number of amides is 2. The summed E-state index contributed by atoms with van der Waals surface area (Å²) >= 11 is 0. The summed E-state index contributed by atoms with van der Waals surface area (Å²) in [7, 11) is 1.33. The number of ether oxygens (including phenoxy) is 1. The third kappa shape index (κ3) is 6.56. The van der Waals surface area contributed by atoms with Gasteiger partial charge < -0.3 is 20.7 Å². The monoisotopic (exact) mass is 504 g/mol. The first-order valence-corrected chi connectivity index (χ1v) is 13.0. The number of nitrogens with zero attached hydrogens (tertiary/aromatic N) is 1. The lowest BCUT2D eigenvalue weighted by molar-refractivity contribution is -0.144. The van der Waals surface area contributed by atoms with Crippen molar-refractivity contribution in [3.05, 3.63) is 71.3 Å². The summed E-state index contributed by atoms with van der Waals surface area (Å²) in [5.74, 6) is -0.483. The predicted octanol–water partition coefficient (Wildman–Crippen LogP) is 2.99. The van der Waals surface area contributed by atoms with E-state index >= 15 is 0 Å². The molecule has 2 aromatic carbocycles. The molecule has 4 N–H and O–H groups in total. The average Bonchev–Trinajstić information content (AvgIpc) is 3.16. The molecule has 196 valence electrons. The maximum absolute atomic E-state index is 13.1. The molecule has 1 aliphatic carbocycles. The Labute approximate surface area is 218 Å². The fourth-order valence-corrected chi connectivity index (χ4v) is 5.41. The number of carbonyl (C=O) groups is 3. The van der Waals surface area contributed by atoms with Gasteiger partial charge in [0.15, 0.2) is 0 Å². The smallest absolute Gasteiger partial charge is 0.306 e. The van der Waals surface area contributed by atoms with Crippen molar-refractivity contribution in [2.75, 3.05) is 20.2 Å². The van der Waals surface area contributed by atoms with Gasteiger partial charge in [-0.1, -0.05) is 54.6 Å². The molecule has 0 bridgehead atoms. The number of hydrogen-bond acceptors (Lipinski definition) is 5. The third-order valence-corrected chi connectivity index (χ3v) is 7.69. The molecule has 1 heterocycles. The molecule has 8 nitrogen and oxygen atoms in total. The number of esters is 1. The number of benzene rings is 2. The summed E-state index contributed by atoms with van der Waals surface area (Å²) in [6.07, 6.45) is 3.85. The number of carbonyl (C=O) groups excluding carboxylic acids is 3. The standard InChI is InChI=1S/C29H36N4O4/c1-37-26(34)17-24-16-25(33(29(24)36)13-5-8-19-6-3-2-4-7-19)18-32-28(35)23-14-22(15-23)20-9-11-21(12-10-20)27(30)31/h2-4,6-7,9-12,22-25H,5,8,13-18H2,1H3,(H3,30,31)(H,32,35)/t22?,23?,24-,25-/m0/s1. The highest BCUT2D eigenvalue weighted by Gasteiger charge is 2.41. The van der Waals surface area contributed by atoms with Crippen molar-refractivity contribution in [1.82, 2.24) is 10.2 Å². The van der Waals surface area contributed by atoms with Gasteiger partial charge in [0, 0.05) is 30.6 Å². The van der Waals surface area contributed by atoms with E-state index in [0.717, 1.165) is 31.2 Å². The van der Waals surface area contributed by atoms with Gasteiger partial charge in [-0.15, -0.1) is 0 Å². The molecular weight excluding hydrogens is 468 g/mol. The normalized spacial score (nSPS) is 22.8. The van der Waals surface area contributed by atoms with E-state index in [-0.39, 0.29) is 42.0 Å². The molecule has 2 atom stereocenters. The number of methoxy groups -OCH3 is 1. The number of nitrogens with two attached hydrogens (primary N) is 1. The highest BCUT2D eigenvalue weighted by molar-refractivity contribution is 5.94. The van der Waals surface area contributed by atoms with E-state index in [1.807, 2.05) is 47.4 Å².